The van der Waals surface area contributed by atoms with Gasteiger partial charge in [-0.2, -0.15) is 4.39 Å². The molecule has 0 saturated carbocycles. The highest BCUT2D eigenvalue weighted by Crippen LogP contribution is 2.34. The smallest absolute Gasteiger partial charge is 0.231 e. The van der Waals surface area contributed by atoms with Gasteiger partial charge >= 0.3 is 0 Å². The first kappa shape index (κ1) is 9.89. The van der Waals surface area contributed by atoms with E-state index in [4.69, 9.17) is 9.47 Å². The van der Waals surface area contributed by atoms with Crippen molar-refractivity contribution in [3.8, 4) is 11.5 Å². The van der Waals surface area contributed by atoms with Crippen LogP contribution in [0, 0.1) is 5.95 Å². The lowest BCUT2D eigenvalue weighted by Gasteiger charge is -2.06. The van der Waals surface area contributed by atoms with Crippen molar-refractivity contribution in [2.75, 3.05) is 12.1 Å². The van der Waals surface area contributed by atoms with E-state index in [0.717, 1.165) is 11.4 Å². The molecular weight excluding hydrogens is 223 g/mol. The quantitative estimate of drug-likeness (QED) is 0.808. The summed E-state index contributed by atoms with van der Waals surface area (Å²) in [6, 6.07) is 8.47. The molecule has 2 heterocycles. The number of rotatable bonds is 2. The van der Waals surface area contributed by atoms with Crippen LogP contribution >= 0.6 is 0 Å². The predicted molar refractivity (Wildman–Crippen MR) is 60.0 cm³/mol. The molecule has 1 aromatic heterocycles. The fourth-order valence-electron chi connectivity index (χ4n) is 1.62. The second-order valence-electron chi connectivity index (χ2n) is 3.56. The number of benzene rings is 1. The van der Waals surface area contributed by atoms with Gasteiger partial charge in [0.25, 0.3) is 0 Å². The average Bonchev–Trinajstić information content (AvgIpc) is 2.76. The lowest BCUT2D eigenvalue weighted by molar-refractivity contribution is 0.174. The molecule has 0 bridgehead atoms. The van der Waals surface area contributed by atoms with Crippen molar-refractivity contribution in [3.63, 3.8) is 0 Å². The van der Waals surface area contributed by atoms with Crippen molar-refractivity contribution in [1.29, 1.82) is 0 Å². The van der Waals surface area contributed by atoms with Crippen molar-refractivity contribution in [3.05, 3.63) is 42.5 Å². The van der Waals surface area contributed by atoms with Crippen LogP contribution in [0.15, 0.2) is 36.5 Å². The van der Waals surface area contributed by atoms with Crippen LogP contribution in [0.4, 0.5) is 15.8 Å². The van der Waals surface area contributed by atoms with Gasteiger partial charge < -0.3 is 14.8 Å². The van der Waals surface area contributed by atoms with E-state index < -0.39 is 5.95 Å². The number of pyridine rings is 1. The van der Waals surface area contributed by atoms with E-state index in [-0.39, 0.29) is 6.79 Å². The Morgan fingerprint density at radius 2 is 1.88 bits per heavy atom. The molecule has 0 spiro atoms. The Morgan fingerprint density at radius 1 is 1.06 bits per heavy atom. The molecule has 2 aromatic rings. The minimum Gasteiger partial charge on any atom is -0.454 e. The molecule has 1 aliphatic rings. The van der Waals surface area contributed by atoms with Crippen LogP contribution in [0.3, 0.4) is 0 Å². The number of fused-ring (bicyclic) bond motifs is 1. The average molecular weight is 232 g/mol. The topological polar surface area (TPSA) is 43.4 Å². The second kappa shape index (κ2) is 3.93. The van der Waals surface area contributed by atoms with Gasteiger partial charge in [0.05, 0.1) is 0 Å². The molecular formula is C12H9FN2O2. The fraction of sp³-hybridized carbons (Fsp3) is 0.0833. The molecule has 0 unspecified atom stereocenters. The molecule has 1 aliphatic heterocycles. The van der Waals surface area contributed by atoms with Gasteiger partial charge in [-0.3, -0.25) is 0 Å². The van der Waals surface area contributed by atoms with E-state index in [0.29, 0.717) is 11.4 Å². The summed E-state index contributed by atoms with van der Waals surface area (Å²) in [5.41, 5.74) is 1.44. The summed E-state index contributed by atoms with van der Waals surface area (Å²) in [6.07, 6.45) is 1.41. The number of nitrogens with zero attached hydrogens (tertiary/aromatic N) is 1. The van der Waals surface area contributed by atoms with Crippen LogP contribution in [-0.4, -0.2) is 11.8 Å². The number of hydrogen-bond acceptors (Lipinski definition) is 4. The first-order chi connectivity index (χ1) is 8.31. The van der Waals surface area contributed by atoms with Gasteiger partial charge in [-0.05, 0) is 18.2 Å². The number of ether oxygens (including phenoxy) is 2. The highest BCUT2D eigenvalue weighted by atomic mass is 19.1. The third-order valence-corrected chi connectivity index (χ3v) is 2.39. The number of hydrogen-bond donors (Lipinski definition) is 1. The predicted octanol–water partition coefficient (Wildman–Crippen LogP) is 2.69. The summed E-state index contributed by atoms with van der Waals surface area (Å²) < 4.78 is 23.3. The lowest BCUT2D eigenvalue weighted by Crippen LogP contribution is -1.93. The standard InChI is InChI=1S/C12H9FN2O2/c13-12-6-9(3-4-14-12)15-8-1-2-10-11(5-8)17-7-16-10/h1-6H,7H2,(H,14,15). The van der Waals surface area contributed by atoms with E-state index in [2.05, 4.69) is 10.3 Å². The first-order valence-corrected chi connectivity index (χ1v) is 5.09. The third-order valence-electron chi connectivity index (χ3n) is 2.39. The van der Waals surface area contributed by atoms with Crippen LogP contribution in [0.1, 0.15) is 0 Å². The number of anilines is 2. The molecule has 17 heavy (non-hydrogen) atoms. The van der Waals surface area contributed by atoms with Gasteiger partial charge in [-0.25, -0.2) is 4.98 Å². The van der Waals surface area contributed by atoms with Gasteiger partial charge in [0.15, 0.2) is 11.5 Å². The molecule has 0 saturated heterocycles. The molecule has 5 heteroatoms. The van der Waals surface area contributed by atoms with E-state index in [1.165, 1.54) is 12.3 Å². The molecule has 0 fully saturated rings. The van der Waals surface area contributed by atoms with Gasteiger partial charge in [-0.1, -0.05) is 0 Å². The summed E-state index contributed by atoms with van der Waals surface area (Å²) in [6.45, 7) is 0.239. The Balaban J connectivity index is 1.86. The molecule has 0 amide bonds. The lowest BCUT2D eigenvalue weighted by atomic mass is 10.2. The zero-order chi connectivity index (χ0) is 11.7. The van der Waals surface area contributed by atoms with Crippen molar-refractivity contribution >= 4 is 11.4 Å². The molecule has 1 N–H and O–H groups in total. The van der Waals surface area contributed by atoms with Crippen molar-refractivity contribution < 1.29 is 13.9 Å². The Labute approximate surface area is 97.0 Å². The zero-order valence-electron chi connectivity index (χ0n) is 8.81. The second-order valence-corrected chi connectivity index (χ2v) is 3.56. The molecule has 86 valence electrons. The van der Waals surface area contributed by atoms with Gasteiger partial charge in [-0.15, -0.1) is 0 Å². The maximum Gasteiger partial charge on any atom is 0.231 e. The van der Waals surface area contributed by atoms with Crippen LogP contribution < -0.4 is 14.8 Å². The summed E-state index contributed by atoms with van der Waals surface area (Å²) in [5, 5.41) is 3.06. The molecule has 0 atom stereocenters. The van der Waals surface area contributed by atoms with Gasteiger partial charge in [0.2, 0.25) is 12.7 Å². The number of nitrogens with one attached hydrogen (secondary N) is 1. The maximum absolute atomic E-state index is 12.9. The van der Waals surface area contributed by atoms with Gasteiger partial charge in [0.1, 0.15) is 0 Å². The first-order valence-electron chi connectivity index (χ1n) is 5.09. The SMILES string of the molecule is Fc1cc(Nc2ccc3c(c2)OCO3)ccn1. The third kappa shape index (κ3) is 1.99. The summed E-state index contributed by atoms with van der Waals surface area (Å²) >= 11 is 0. The Bertz CT molecular complexity index is 560. The van der Waals surface area contributed by atoms with Crippen molar-refractivity contribution in [2.24, 2.45) is 0 Å². The highest BCUT2D eigenvalue weighted by molar-refractivity contribution is 5.63. The summed E-state index contributed by atoms with van der Waals surface area (Å²) in [7, 11) is 0. The van der Waals surface area contributed by atoms with E-state index in [1.807, 2.05) is 12.1 Å². The Hall–Kier alpha value is -2.30. The van der Waals surface area contributed by atoms with Crippen LogP contribution in [0.5, 0.6) is 11.5 Å². The van der Waals surface area contributed by atoms with E-state index in [1.54, 1.807) is 12.1 Å². The van der Waals surface area contributed by atoms with Crippen molar-refractivity contribution in [2.45, 2.75) is 0 Å². The molecule has 0 radical (unpaired) electrons. The van der Waals surface area contributed by atoms with Crippen LogP contribution in [0.2, 0.25) is 0 Å². The number of aromatic nitrogens is 1. The fourth-order valence-corrected chi connectivity index (χ4v) is 1.62. The number of halogens is 1. The van der Waals surface area contributed by atoms with Crippen LogP contribution in [0.25, 0.3) is 0 Å². The molecule has 4 nitrogen and oxygen atoms in total. The summed E-state index contributed by atoms with van der Waals surface area (Å²) in [5.74, 6) is 0.886. The minimum absolute atomic E-state index is 0.239. The molecule has 1 aromatic carbocycles. The molecule has 3 rings (SSSR count). The minimum atomic E-state index is -0.518. The Kier molecular flexibility index (Phi) is 2.29. The normalized spacial score (nSPS) is 12.5. The largest absolute Gasteiger partial charge is 0.454 e. The zero-order valence-corrected chi connectivity index (χ0v) is 8.81. The van der Waals surface area contributed by atoms with Crippen LogP contribution in [-0.2, 0) is 0 Å². The Morgan fingerprint density at radius 3 is 2.76 bits per heavy atom. The van der Waals surface area contributed by atoms with E-state index in [9.17, 15) is 4.39 Å². The maximum atomic E-state index is 12.9. The molecule has 0 aliphatic carbocycles. The van der Waals surface area contributed by atoms with Gasteiger partial charge in [0, 0.05) is 29.7 Å². The highest BCUT2D eigenvalue weighted by Gasteiger charge is 2.13. The van der Waals surface area contributed by atoms with Crippen molar-refractivity contribution in [1.82, 2.24) is 4.98 Å². The monoisotopic (exact) mass is 232 g/mol. The van der Waals surface area contributed by atoms with E-state index >= 15 is 0 Å². The summed E-state index contributed by atoms with van der Waals surface area (Å²) in [4.78, 5) is 3.49.